The van der Waals surface area contributed by atoms with Crippen molar-refractivity contribution in [3.63, 3.8) is 0 Å². The van der Waals surface area contributed by atoms with Crippen LogP contribution in [0.25, 0.3) is 0 Å². The predicted octanol–water partition coefficient (Wildman–Crippen LogP) is 3.28. The second kappa shape index (κ2) is 6.09. The van der Waals surface area contributed by atoms with Crippen LogP contribution in [0.15, 0.2) is 24.3 Å². The van der Waals surface area contributed by atoms with E-state index >= 15 is 0 Å². The third-order valence-electron chi connectivity index (χ3n) is 3.95. The van der Waals surface area contributed by atoms with E-state index in [0.29, 0.717) is 17.9 Å². The lowest BCUT2D eigenvalue weighted by molar-refractivity contribution is 0.0912. The number of hydrogen-bond donors (Lipinski definition) is 2. The summed E-state index contributed by atoms with van der Waals surface area (Å²) in [5.41, 5.74) is 1.62. The zero-order valence-corrected chi connectivity index (χ0v) is 12.1. The van der Waals surface area contributed by atoms with Crippen LogP contribution in [0, 0.1) is 11.8 Å². The molecule has 3 nitrogen and oxygen atoms in total. The fourth-order valence-corrected chi connectivity index (χ4v) is 3.23. The van der Waals surface area contributed by atoms with Gasteiger partial charge in [-0.2, -0.15) is 0 Å². The number of anilines is 1. The van der Waals surface area contributed by atoms with Crippen LogP contribution in [0.5, 0.6) is 0 Å². The highest BCUT2D eigenvalue weighted by Gasteiger charge is 2.25. The molecule has 1 fully saturated rings. The SMILES string of the molecule is CNc1ccccc1C(=O)NC1CC(C)CC(C)C1. The van der Waals surface area contributed by atoms with Gasteiger partial charge in [-0.1, -0.05) is 26.0 Å². The van der Waals surface area contributed by atoms with Crippen molar-refractivity contribution >= 4 is 11.6 Å². The summed E-state index contributed by atoms with van der Waals surface area (Å²) >= 11 is 0. The smallest absolute Gasteiger partial charge is 0.253 e. The molecule has 0 bridgehead atoms. The number of benzene rings is 1. The summed E-state index contributed by atoms with van der Waals surface area (Å²) in [7, 11) is 1.84. The first kappa shape index (κ1) is 13.9. The number of rotatable bonds is 3. The number of amides is 1. The first-order valence-electron chi connectivity index (χ1n) is 7.17. The quantitative estimate of drug-likeness (QED) is 0.875. The molecule has 1 aliphatic rings. The second-order valence-corrected chi connectivity index (χ2v) is 5.88. The number of carbonyl (C=O) groups is 1. The molecule has 0 aromatic heterocycles. The van der Waals surface area contributed by atoms with Gasteiger partial charge in [0.15, 0.2) is 0 Å². The van der Waals surface area contributed by atoms with Crippen molar-refractivity contribution in [2.24, 2.45) is 11.8 Å². The van der Waals surface area contributed by atoms with Crippen LogP contribution in [-0.4, -0.2) is 19.0 Å². The minimum atomic E-state index is 0.0382. The van der Waals surface area contributed by atoms with Gasteiger partial charge >= 0.3 is 0 Å². The van der Waals surface area contributed by atoms with Crippen molar-refractivity contribution in [1.82, 2.24) is 5.32 Å². The van der Waals surface area contributed by atoms with Gasteiger partial charge in [-0.25, -0.2) is 0 Å². The summed E-state index contributed by atoms with van der Waals surface area (Å²) in [6.45, 7) is 4.55. The largest absolute Gasteiger partial charge is 0.387 e. The molecule has 2 N–H and O–H groups in total. The first-order chi connectivity index (χ1) is 9.10. The average Bonchev–Trinajstić information content (AvgIpc) is 2.37. The highest BCUT2D eigenvalue weighted by atomic mass is 16.1. The highest BCUT2D eigenvalue weighted by molar-refractivity contribution is 5.99. The van der Waals surface area contributed by atoms with Crippen LogP contribution in [0.3, 0.4) is 0 Å². The third kappa shape index (κ3) is 3.49. The first-order valence-corrected chi connectivity index (χ1v) is 7.17. The Labute approximate surface area is 115 Å². The van der Waals surface area contributed by atoms with Gasteiger partial charge in [-0.15, -0.1) is 0 Å². The summed E-state index contributed by atoms with van der Waals surface area (Å²) < 4.78 is 0. The monoisotopic (exact) mass is 260 g/mol. The molecule has 0 heterocycles. The molecule has 1 amide bonds. The fraction of sp³-hybridized carbons (Fsp3) is 0.562. The molecule has 1 saturated carbocycles. The number of hydrogen-bond acceptors (Lipinski definition) is 2. The maximum atomic E-state index is 12.4. The molecule has 1 aromatic carbocycles. The van der Waals surface area contributed by atoms with Gasteiger partial charge in [0.1, 0.15) is 0 Å². The molecular formula is C16H24N2O. The summed E-state index contributed by atoms with van der Waals surface area (Å²) in [6, 6.07) is 7.96. The van der Waals surface area contributed by atoms with E-state index in [0.717, 1.165) is 24.1 Å². The Balaban J connectivity index is 2.04. The van der Waals surface area contributed by atoms with Gasteiger partial charge in [0.25, 0.3) is 5.91 Å². The van der Waals surface area contributed by atoms with Crippen LogP contribution in [0.1, 0.15) is 43.5 Å². The lowest BCUT2D eigenvalue weighted by atomic mass is 9.80. The van der Waals surface area contributed by atoms with Crippen molar-refractivity contribution in [2.75, 3.05) is 12.4 Å². The van der Waals surface area contributed by atoms with Crippen molar-refractivity contribution < 1.29 is 4.79 Å². The molecule has 0 aliphatic heterocycles. The van der Waals surface area contributed by atoms with Crippen molar-refractivity contribution in [2.45, 2.75) is 39.2 Å². The fourth-order valence-electron chi connectivity index (χ4n) is 3.23. The van der Waals surface area contributed by atoms with Crippen LogP contribution in [0.4, 0.5) is 5.69 Å². The van der Waals surface area contributed by atoms with Gasteiger partial charge in [0.05, 0.1) is 5.56 Å². The van der Waals surface area contributed by atoms with Gasteiger partial charge in [0, 0.05) is 18.8 Å². The van der Waals surface area contributed by atoms with E-state index in [2.05, 4.69) is 24.5 Å². The molecule has 19 heavy (non-hydrogen) atoms. The molecule has 3 heteroatoms. The Morgan fingerprint density at radius 1 is 1.11 bits per heavy atom. The molecule has 0 radical (unpaired) electrons. The van der Waals surface area contributed by atoms with Gasteiger partial charge in [-0.3, -0.25) is 4.79 Å². The highest BCUT2D eigenvalue weighted by Crippen LogP contribution is 2.28. The second-order valence-electron chi connectivity index (χ2n) is 5.88. The Morgan fingerprint density at radius 3 is 2.37 bits per heavy atom. The molecule has 0 spiro atoms. The molecule has 2 rings (SSSR count). The van der Waals surface area contributed by atoms with Crippen LogP contribution in [-0.2, 0) is 0 Å². The Kier molecular flexibility index (Phi) is 4.46. The number of para-hydroxylation sites is 1. The average molecular weight is 260 g/mol. The maximum absolute atomic E-state index is 12.4. The third-order valence-corrected chi connectivity index (χ3v) is 3.95. The van der Waals surface area contributed by atoms with E-state index in [9.17, 15) is 4.79 Å². The number of carbonyl (C=O) groups excluding carboxylic acids is 1. The summed E-state index contributed by atoms with van der Waals surface area (Å²) in [5, 5.41) is 6.26. The van der Waals surface area contributed by atoms with E-state index in [1.165, 1.54) is 6.42 Å². The Morgan fingerprint density at radius 2 is 1.74 bits per heavy atom. The van der Waals surface area contributed by atoms with Crippen molar-refractivity contribution in [3.8, 4) is 0 Å². The summed E-state index contributed by atoms with van der Waals surface area (Å²) in [5.74, 6) is 1.44. The van der Waals surface area contributed by atoms with E-state index in [-0.39, 0.29) is 5.91 Å². The van der Waals surface area contributed by atoms with Gasteiger partial charge in [-0.05, 0) is 43.2 Å². The van der Waals surface area contributed by atoms with Crippen LogP contribution < -0.4 is 10.6 Å². The van der Waals surface area contributed by atoms with E-state index in [1.54, 1.807) is 0 Å². The van der Waals surface area contributed by atoms with E-state index in [1.807, 2.05) is 31.3 Å². The molecule has 2 unspecified atom stereocenters. The van der Waals surface area contributed by atoms with Crippen LogP contribution in [0.2, 0.25) is 0 Å². The Hall–Kier alpha value is -1.51. The molecule has 1 aromatic rings. The zero-order valence-electron chi connectivity index (χ0n) is 12.1. The summed E-state index contributed by atoms with van der Waals surface area (Å²) in [4.78, 5) is 12.4. The minimum Gasteiger partial charge on any atom is -0.387 e. The topological polar surface area (TPSA) is 41.1 Å². The maximum Gasteiger partial charge on any atom is 0.253 e. The molecule has 0 saturated heterocycles. The lowest BCUT2D eigenvalue weighted by Crippen LogP contribution is -2.40. The van der Waals surface area contributed by atoms with Crippen molar-refractivity contribution in [1.29, 1.82) is 0 Å². The lowest BCUT2D eigenvalue weighted by Gasteiger charge is -2.32. The van der Waals surface area contributed by atoms with E-state index < -0.39 is 0 Å². The molecule has 2 atom stereocenters. The number of nitrogens with one attached hydrogen (secondary N) is 2. The van der Waals surface area contributed by atoms with Crippen LogP contribution >= 0.6 is 0 Å². The van der Waals surface area contributed by atoms with E-state index in [4.69, 9.17) is 0 Å². The van der Waals surface area contributed by atoms with Gasteiger partial charge in [0.2, 0.25) is 0 Å². The molecule has 1 aliphatic carbocycles. The molecule has 104 valence electrons. The normalized spacial score (nSPS) is 26.8. The standard InChI is InChI=1S/C16H24N2O/c1-11-8-12(2)10-13(9-11)18-16(19)14-6-4-5-7-15(14)17-3/h4-7,11-13,17H,8-10H2,1-3H3,(H,18,19). The molecular weight excluding hydrogens is 236 g/mol. The Bertz CT molecular complexity index is 434. The summed E-state index contributed by atoms with van der Waals surface area (Å²) in [6.07, 6.45) is 3.47. The van der Waals surface area contributed by atoms with Crippen molar-refractivity contribution in [3.05, 3.63) is 29.8 Å². The zero-order chi connectivity index (χ0) is 13.8. The van der Waals surface area contributed by atoms with Gasteiger partial charge < -0.3 is 10.6 Å². The predicted molar refractivity (Wildman–Crippen MR) is 79.4 cm³/mol. The minimum absolute atomic E-state index is 0.0382.